The van der Waals surface area contributed by atoms with Crippen LogP contribution < -0.4 is 18.9 Å². The number of aliphatic hydroxyl groups excluding tert-OH is 2. The lowest BCUT2D eigenvalue weighted by atomic mass is 9.55. The molecular formula is C58H60N4O11S. The first-order chi connectivity index (χ1) is 36.2. The van der Waals surface area contributed by atoms with Gasteiger partial charge in [0.2, 0.25) is 12.6 Å². The second-order valence-electron chi connectivity index (χ2n) is 18.8. The maximum atomic E-state index is 15.6. The summed E-state index contributed by atoms with van der Waals surface area (Å²) in [5.41, 5.74) is 4.45. The number of nitro groups is 1. The molecule has 9 rings (SSSR count). The largest absolute Gasteiger partial charge is 0.493 e. The first kappa shape index (κ1) is 51.7. The minimum atomic E-state index is -1.58. The Hall–Kier alpha value is -7.16. The van der Waals surface area contributed by atoms with Crippen LogP contribution in [0.3, 0.4) is 0 Å². The van der Waals surface area contributed by atoms with Crippen LogP contribution >= 0.6 is 11.8 Å². The Labute approximate surface area is 435 Å². The predicted molar refractivity (Wildman–Crippen MR) is 279 cm³/mol. The maximum Gasteiger partial charge on any atom is 0.269 e. The van der Waals surface area contributed by atoms with Gasteiger partial charge in [-0.3, -0.25) is 14.9 Å². The van der Waals surface area contributed by atoms with Crippen LogP contribution in [0.5, 0.6) is 23.0 Å². The minimum absolute atomic E-state index is 0.00301. The van der Waals surface area contributed by atoms with Gasteiger partial charge in [0, 0.05) is 66.0 Å². The number of carbonyl (C=O) groups excluding carboxylic acids is 1. The van der Waals surface area contributed by atoms with Crippen LogP contribution in [0.25, 0.3) is 0 Å². The number of thioether (sulfide) groups is 1. The third-order valence-corrected chi connectivity index (χ3v) is 15.2. The van der Waals surface area contributed by atoms with E-state index in [1.807, 2.05) is 48.5 Å². The highest BCUT2D eigenvalue weighted by atomic mass is 32.2. The molecule has 1 fully saturated rings. The molecule has 15 nitrogen and oxygen atoms in total. The number of amides is 1. The normalized spacial score (nSPS) is 21.6. The molecule has 2 N–H and O–H groups in total. The number of oxime groups is 1. The Morgan fingerprint density at radius 3 is 2.41 bits per heavy atom. The number of carbonyl (C=O) groups is 1. The van der Waals surface area contributed by atoms with Crippen LogP contribution in [0.15, 0.2) is 150 Å². The van der Waals surface area contributed by atoms with Gasteiger partial charge in [0.15, 0.2) is 11.5 Å². The summed E-state index contributed by atoms with van der Waals surface area (Å²) in [7, 11) is 0. The van der Waals surface area contributed by atoms with E-state index in [9.17, 15) is 25.6 Å². The number of rotatable bonds is 24. The van der Waals surface area contributed by atoms with Gasteiger partial charge in [-0.2, -0.15) is 5.26 Å². The lowest BCUT2D eigenvalue weighted by Gasteiger charge is -2.60. The van der Waals surface area contributed by atoms with Crippen molar-refractivity contribution in [2.45, 2.75) is 80.7 Å². The van der Waals surface area contributed by atoms with Gasteiger partial charge in [0.25, 0.3) is 11.6 Å². The van der Waals surface area contributed by atoms with Gasteiger partial charge >= 0.3 is 0 Å². The number of aliphatic hydroxyl groups is 2. The van der Waals surface area contributed by atoms with Crippen molar-refractivity contribution in [2.24, 2.45) is 22.9 Å². The van der Waals surface area contributed by atoms with Crippen LogP contribution in [-0.2, 0) is 22.7 Å². The molecule has 0 radical (unpaired) electrons. The zero-order valence-electron chi connectivity index (χ0n) is 41.1. The summed E-state index contributed by atoms with van der Waals surface area (Å²) >= 11 is 1.71. The molecule has 4 aliphatic rings. The van der Waals surface area contributed by atoms with Gasteiger partial charge in [-0.1, -0.05) is 54.4 Å². The average Bonchev–Trinajstić information content (AvgIpc) is 3.93. The van der Waals surface area contributed by atoms with Crippen molar-refractivity contribution in [3.63, 3.8) is 0 Å². The van der Waals surface area contributed by atoms with E-state index in [0.29, 0.717) is 64.8 Å². The third-order valence-electron chi connectivity index (χ3n) is 14.2. The number of ether oxygens (including phenoxy) is 5. The summed E-state index contributed by atoms with van der Waals surface area (Å²) in [6.07, 6.45) is 8.28. The average molecular weight is 1020 g/mol. The van der Waals surface area contributed by atoms with Crippen molar-refractivity contribution in [3.05, 3.63) is 177 Å². The highest BCUT2D eigenvalue weighted by molar-refractivity contribution is 7.99. The monoisotopic (exact) mass is 1020 g/mol. The first-order valence-electron chi connectivity index (χ1n) is 25.2. The number of hydrogen-bond acceptors (Lipinski definition) is 14. The molecule has 16 heteroatoms. The molecule has 0 saturated heterocycles. The van der Waals surface area contributed by atoms with E-state index in [1.54, 1.807) is 59.1 Å². The zero-order chi connectivity index (χ0) is 51.4. The smallest absolute Gasteiger partial charge is 0.269 e. The zero-order valence-corrected chi connectivity index (χ0v) is 41.9. The van der Waals surface area contributed by atoms with Crippen molar-refractivity contribution in [1.82, 2.24) is 4.90 Å². The van der Waals surface area contributed by atoms with Gasteiger partial charge in [0.05, 0.1) is 41.4 Å². The van der Waals surface area contributed by atoms with E-state index in [1.165, 1.54) is 12.1 Å². The van der Waals surface area contributed by atoms with Gasteiger partial charge < -0.3 is 43.6 Å². The standard InChI is InChI=1S/C58H60N4O11S/c1-2-28-71-58-54(61(57(65)42-19-14-39(35-59)15-20-42)36-41-18-24-52-53(31-41)70-38-69-52)34-50(60-72-37-40-16-21-44(22-17-40)62(66)67)48-32-43(10-6-8-26-63)47(13-7-9-27-64)55(56(48)58)49-33-45(23-25-51(49)73-58)68-29-30-74-46-11-4-3-5-12-46/h2-5,11-12,14-25,31-33,43,47,54-56,63-64H,1,6-10,13,26-30,34,36-38H2. The van der Waals surface area contributed by atoms with Crippen molar-refractivity contribution in [3.8, 4) is 29.1 Å². The fourth-order valence-electron chi connectivity index (χ4n) is 10.9. The number of hydrogen-bond donors (Lipinski definition) is 2. The van der Waals surface area contributed by atoms with E-state index >= 15 is 4.79 Å². The highest BCUT2D eigenvalue weighted by Crippen LogP contribution is 2.62. The van der Waals surface area contributed by atoms with Crippen LogP contribution in [0.4, 0.5) is 5.69 Å². The molecule has 5 aromatic rings. The topological polar surface area (TPSA) is 195 Å². The Bertz CT molecular complexity index is 2870. The Balaban J connectivity index is 1.22. The number of fused-ring (bicyclic) bond motifs is 3. The first-order valence-corrected chi connectivity index (χ1v) is 26.2. The van der Waals surface area contributed by atoms with E-state index in [0.717, 1.165) is 53.0 Å². The highest BCUT2D eigenvalue weighted by Gasteiger charge is 2.65. The molecule has 6 unspecified atom stereocenters. The summed E-state index contributed by atoms with van der Waals surface area (Å²) in [4.78, 5) is 35.8. The van der Waals surface area contributed by atoms with Gasteiger partial charge in [-0.25, -0.2) is 0 Å². The second kappa shape index (κ2) is 24.2. The molecule has 5 aromatic carbocycles. The van der Waals surface area contributed by atoms with Crippen LogP contribution in [0.2, 0.25) is 0 Å². The van der Waals surface area contributed by atoms with Gasteiger partial charge in [0.1, 0.15) is 24.1 Å². The molecule has 1 amide bonds. The van der Waals surface area contributed by atoms with Crippen LogP contribution in [0.1, 0.15) is 83.5 Å². The third kappa shape index (κ3) is 11.5. The van der Waals surface area contributed by atoms with Crippen molar-refractivity contribution in [1.29, 1.82) is 5.26 Å². The molecule has 2 aliphatic heterocycles. The maximum absolute atomic E-state index is 15.6. The molecule has 1 saturated carbocycles. The van der Waals surface area contributed by atoms with Crippen LogP contribution in [-0.4, -0.2) is 82.5 Å². The fraction of sp³-hybridized carbons (Fsp3) is 0.362. The summed E-state index contributed by atoms with van der Waals surface area (Å²) < 4.78 is 32.8. The Morgan fingerprint density at radius 2 is 1.66 bits per heavy atom. The molecule has 0 bridgehead atoms. The van der Waals surface area contributed by atoms with Crippen LogP contribution in [0, 0.1) is 39.2 Å². The molecule has 384 valence electrons. The number of allylic oxidation sites excluding steroid dienone is 1. The minimum Gasteiger partial charge on any atom is -0.493 e. The SMILES string of the molecule is C=CCOC12Oc3ccc(OCCSc4ccccc4)cc3C3C(CCCCO)C(CCCCO)C=C(C(=NOCc4ccc([N+](=O)[O-])cc4)CC1N(Cc1ccc4c(c1)OCO4)C(=O)c1ccc(C#N)cc1)C32. The number of nitriles is 1. The molecular weight excluding hydrogens is 961 g/mol. The van der Waals surface area contributed by atoms with Gasteiger partial charge in [-0.15, -0.1) is 18.3 Å². The van der Waals surface area contributed by atoms with Gasteiger partial charge in [-0.05, 0) is 133 Å². The fourth-order valence-corrected chi connectivity index (χ4v) is 11.6. The molecule has 0 aromatic heterocycles. The van der Waals surface area contributed by atoms with E-state index in [-0.39, 0.29) is 75.5 Å². The molecule has 74 heavy (non-hydrogen) atoms. The summed E-state index contributed by atoms with van der Waals surface area (Å²) in [5.74, 6) is 0.208. The number of non-ortho nitro benzene ring substituents is 1. The quantitative estimate of drug-likeness (QED) is 0.0195. The van der Waals surface area contributed by atoms with E-state index in [4.69, 9.17) is 33.7 Å². The molecule has 2 aliphatic carbocycles. The summed E-state index contributed by atoms with van der Waals surface area (Å²) in [6, 6.07) is 35.6. The number of benzene rings is 5. The lowest BCUT2D eigenvalue weighted by Crippen LogP contribution is -2.70. The molecule has 2 heterocycles. The van der Waals surface area contributed by atoms with Crippen molar-refractivity contribution < 1.29 is 48.5 Å². The number of nitrogens with zero attached hydrogens (tertiary/aromatic N) is 4. The number of nitro benzene ring substituents is 1. The van der Waals surface area contributed by atoms with Crippen molar-refractivity contribution in [2.75, 3.05) is 39.0 Å². The van der Waals surface area contributed by atoms with E-state index < -0.39 is 22.7 Å². The Morgan fingerprint density at radius 1 is 0.919 bits per heavy atom. The number of unbranched alkanes of at least 4 members (excludes halogenated alkanes) is 2. The predicted octanol–water partition coefficient (Wildman–Crippen LogP) is 10.5. The van der Waals surface area contributed by atoms with E-state index in [2.05, 4.69) is 36.9 Å². The summed E-state index contributed by atoms with van der Waals surface area (Å²) in [5, 5.41) is 46.4. The Kier molecular flexibility index (Phi) is 17.0. The van der Waals surface area contributed by atoms with Crippen molar-refractivity contribution >= 4 is 29.1 Å². The lowest BCUT2D eigenvalue weighted by molar-refractivity contribution is -0.384. The molecule has 6 atom stereocenters. The second-order valence-corrected chi connectivity index (χ2v) is 20.0. The molecule has 0 spiro atoms. The summed E-state index contributed by atoms with van der Waals surface area (Å²) in [6.45, 7) is 4.83.